The zero-order valence-electron chi connectivity index (χ0n) is 11.9. The number of nitrogens with zero attached hydrogens (tertiary/aromatic N) is 1. The predicted octanol–water partition coefficient (Wildman–Crippen LogP) is 2.76. The Labute approximate surface area is 114 Å². The molecule has 0 heterocycles. The lowest BCUT2D eigenvalue weighted by molar-refractivity contribution is 0.0927. The van der Waals surface area contributed by atoms with Crippen LogP contribution in [0.2, 0.25) is 0 Å². The van der Waals surface area contributed by atoms with Gasteiger partial charge in [-0.15, -0.1) is 0 Å². The van der Waals surface area contributed by atoms with Gasteiger partial charge in [0.15, 0.2) is 5.78 Å². The van der Waals surface area contributed by atoms with Gasteiger partial charge in [-0.1, -0.05) is 0 Å². The van der Waals surface area contributed by atoms with Gasteiger partial charge in [0.1, 0.15) is 5.82 Å². The fraction of sp³-hybridized carbons (Fsp3) is 0.533. The highest BCUT2D eigenvalue weighted by molar-refractivity contribution is 5.96. The zero-order chi connectivity index (χ0) is 14.3. The van der Waals surface area contributed by atoms with Crippen molar-refractivity contribution >= 4 is 5.78 Å². The van der Waals surface area contributed by atoms with E-state index in [2.05, 4.69) is 18.7 Å². The maximum atomic E-state index is 12.8. The van der Waals surface area contributed by atoms with Gasteiger partial charge in [0, 0.05) is 38.2 Å². The Balaban J connectivity index is 2.49. The summed E-state index contributed by atoms with van der Waals surface area (Å²) in [7, 11) is 1.67. The zero-order valence-corrected chi connectivity index (χ0v) is 11.9. The van der Waals surface area contributed by atoms with Gasteiger partial charge in [0.25, 0.3) is 0 Å². The average Bonchev–Trinajstić information content (AvgIpc) is 2.39. The Bertz CT molecular complexity index is 390. The Morgan fingerprint density at radius 1 is 1.26 bits per heavy atom. The van der Waals surface area contributed by atoms with Gasteiger partial charge in [-0.3, -0.25) is 9.69 Å². The first-order valence-electron chi connectivity index (χ1n) is 6.56. The molecular weight excluding hydrogens is 245 g/mol. The fourth-order valence-electron chi connectivity index (χ4n) is 1.86. The molecule has 0 amide bonds. The Morgan fingerprint density at radius 2 is 1.89 bits per heavy atom. The lowest BCUT2D eigenvalue weighted by Crippen LogP contribution is -2.35. The summed E-state index contributed by atoms with van der Waals surface area (Å²) in [6.45, 7) is 6.35. The molecule has 1 rings (SSSR count). The van der Waals surface area contributed by atoms with Crippen LogP contribution in [0.1, 0.15) is 30.6 Å². The molecule has 0 aliphatic carbocycles. The molecule has 0 atom stereocenters. The molecule has 0 bridgehead atoms. The summed E-state index contributed by atoms with van der Waals surface area (Å²) in [6, 6.07) is 6.08. The van der Waals surface area contributed by atoms with Crippen molar-refractivity contribution in [1.82, 2.24) is 4.90 Å². The molecular formula is C15H22FNO2. The molecule has 1 aromatic carbocycles. The molecule has 1 aromatic rings. The summed E-state index contributed by atoms with van der Waals surface area (Å²) in [5, 5.41) is 0. The monoisotopic (exact) mass is 267 g/mol. The van der Waals surface area contributed by atoms with Gasteiger partial charge in [-0.2, -0.15) is 0 Å². The maximum Gasteiger partial charge on any atom is 0.164 e. The van der Waals surface area contributed by atoms with Crippen LogP contribution in [0.15, 0.2) is 24.3 Å². The van der Waals surface area contributed by atoms with Crippen LogP contribution in [0.5, 0.6) is 0 Å². The first kappa shape index (κ1) is 15.8. The number of halogens is 1. The molecule has 0 aliphatic heterocycles. The number of Topliss-reactive ketones (excluding diaryl/α,β-unsaturated/α-hetero) is 1. The van der Waals surface area contributed by atoms with Crippen LogP contribution in [0.4, 0.5) is 4.39 Å². The first-order chi connectivity index (χ1) is 9.04. The minimum absolute atomic E-state index is 0.0445. The number of hydrogen-bond acceptors (Lipinski definition) is 3. The number of ether oxygens (including phenoxy) is 1. The normalized spacial score (nSPS) is 11.3. The van der Waals surface area contributed by atoms with E-state index in [-0.39, 0.29) is 11.6 Å². The molecule has 0 radical (unpaired) electrons. The smallest absolute Gasteiger partial charge is 0.164 e. The van der Waals surface area contributed by atoms with Gasteiger partial charge < -0.3 is 4.74 Å². The number of benzene rings is 1. The second-order valence-corrected chi connectivity index (χ2v) is 4.80. The van der Waals surface area contributed by atoms with Crippen LogP contribution < -0.4 is 0 Å². The van der Waals surface area contributed by atoms with E-state index in [0.717, 1.165) is 6.54 Å². The highest BCUT2D eigenvalue weighted by Crippen LogP contribution is 2.08. The Hall–Kier alpha value is -1.26. The standard InChI is InChI=1S/C15H22FNO2/c1-12(2)17(10-11-19-3)9-8-15(18)13-4-6-14(16)7-5-13/h4-7,12H,8-11H2,1-3H3. The van der Waals surface area contributed by atoms with E-state index in [1.54, 1.807) is 7.11 Å². The quantitative estimate of drug-likeness (QED) is 0.678. The third-order valence-electron chi connectivity index (χ3n) is 3.11. The van der Waals surface area contributed by atoms with Gasteiger partial charge >= 0.3 is 0 Å². The molecule has 4 heteroatoms. The van der Waals surface area contributed by atoms with Crippen LogP contribution >= 0.6 is 0 Å². The first-order valence-corrected chi connectivity index (χ1v) is 6.56. The summed E-state index contributed by atoms with van der Waals surface area (Å²) in [5.41, 5.74) is 0.567. The molecule has 0 N–H and O–H groups in total. The molecule has 19 heavy (non-hydrogen) atoms. The van der Waals surface area contributed by atoms with Crippen LogP contribution in [-0.2, 0) is 4.74 Å². The number of ketones is 1. The van der Waals surface area contributed by atoms with Gasteiger partial charge in [0.2, 0.25) is 0 Å². The van der Waals surface area contributed by atoms with E-state index < -0.39 is 0 Å². The molecule has 0 aromatic heterocycles. The van der Waals surface area contributed by atoms with E-state index in [4.69, 9.17) is 4.74 Å². The highest BCUT2D eigenvalue weighted by atomic mass is 19.1. The second kappa shape index (κ2) is 8.02. The topological polar surface area (TPSA) is 29.5 Å². The molecule has 0 unspecified atom stereocenters. The van der Waals surface area contributed by atoms with Crippen LogP contribution in [0.25, 0.3) is 0 Å². The summed E-state index contributed by atoms with van der Waals surface area (Å²) in [5.74, 6) is -0.275. The molecule has 0 aliphatic rings. The summed E-state index contributed by atoms with van der Waals surface area (Å²) >= 11 is 0. The third kappa shape index (κ3) is 5.49. The molecule has 0 spiro atoms. The molecule has 0 saturated carbocycles. The van der Waals surface area contributed by atoms with Gasteiger partial charge in [0.05, 0.1) is 6.61 Å². The molecule has 106 valence electrons. The lowest BCUT2D eigenvalue weighted by atomic mass is 10.1. The fourth-order valence-corrected chi connectivity index (χ4v) is 1.86. The SMILES string of the molecule is COCCN(CCC(=O)c1ccc(F)cc1)C(C)C. The van der Waals surface area contributed by atoms with Crippen molar-refractivity contribution in [2.24, 2.45) is 0 Å². The number of hydrogen-bond donors (Lipinski definition) is 0. The second-order valence-electron chi connectivity index (χ2n) is 4.80. The molecule has 0 fully saturated rings. The summed E-state index contributed by atoms with van der Waals surface area (Å²) in [4.78, 5) is 14.2. The van der Waals surface area contributed by atoms with Crippen LogP contribution in [0.3, 0.4) is 0 Å². The van der Waals surface area contributed by atoms with Crippen LogP contribution in [-0.4, -0.2) is 43.5 Å². The van der Waals surface area contributed by atoms with Crippen molar-refractivity contribution in [3.05, 3.63) is 35.6 Å². The maximum absolute atomic E-state index is 12.8. The van der Waals surface area contributed by atoms with E-state index in [9.17, 15) is 9.18 Å². The number of carbonyl (C=O) groups excluding carboxylic acids is 1. The Kier molecular flexibility index (Phi) is 6.67. The van der Waals surface area contributed by atoms with E-state index in [0.29, 0.717) is 31.2 Å². The minimum Gasteiger partial charge on any atom is -0.383 e. The third-order valence-corrected chi connectivity index (χ3v) is 3.11. The largest absolute Gasteiger partial charge is 0.383 e. The van der Waals surface area contributed by atoms with Crippen molar-refractivity contribution in [3.63, 3.8) is 0 Å². The van der Waals surface area contributed by atoms with Crippen molar-refractivity contribution in [2.45, 2.75) is 26.3 Å². The van der Waals surface area contributed by atoms with E-state index >= 15 is 0 Å². The lowest BCUT2D eigenvalue weighted by Gasteiger charge is -2.25. The summed E-state index contributed by atoms with van der Waals surface area (Å²) < 4.78 is 17.8. The Morgan fingerprint density at radius 3 is 2.42 bits per heavy atom. The molecule has 3 nitrogen and oxygen atoms in total. The number of rotatable bonds is 8. The van der Waals surface area contributed by atoms with E-state index in [1.807, 2.05) is 0 Å². The van der Waals surface area contributed by atoms with E-state index in [1.165, 1.54) is 24.3 Å². The predicted molar refractivity (Wildman–Crippen MR) is 73.9 cm³/mol. The van der Waals surface area contributed by atoms with Crippen molar-refractivity contribution < 1.29 is 13.9 Å². The van der Waals surface area contributed by atoms with Crippen molar-refractivity contribution in [1.29, 1.82) is 0 Å². The number of carbonyl (C=O) groups is 1. The van der Waals surface area contributed by atoms with Crippen molar-refractivity contribution in [2.75, 3.05) is 26.8 Å². The van der Waals surface area contributed by atoms with Crippen molar-refractivity contribution in [3.8, 4) is 0 Å². The number of methoxy groups -OCH3 is 1. The highest BCUT2D eigenvalue weighted by Gasteiger charge is 2.12. The molecule has 0 saturated heterocycles. The minimum atomic E-state index is -0.319. The van der Waals surface area contributed by atoms with Gasteiger partial charge in [-0.05, 0) is 38.1 Å². The average molecular weight is 267 g/mol. The van der Waals surface area contributed by atoms with Gasteiger partial charge in [-0.25, -0.2) is 4.39 Å². The van der Waals surface area contributed by atoms with Crippen LogP contribution in [0, 0.1) is 5.82 Å². The summed E-state index contributed by atoms with van der Waals surface area (Å²) in [6.07, 6.45) is 0.438.